The second-order valence-electron chi connectivity index (χ2n) is 13.2. The molecule has 3 N–H and O–H groups in total. The number of Topliss-reactive ketones (excluding diaryl/α,β-unsaturated/α-hetero) is 1. The van der Waals surface area contributed by atoms with Gasteiger partial charge in [0.2, 0.25) is 5.69 Å². The van der Waals surface area contributed by atoms with Gasteiger partial charge in [-0.25, -0.2) is 0 Å². The Kier molecular flexibility index (Phi) is 11.0. The number of hydrogen-bond donors (Lipinski definition) is 3. The Bertz CT molecular complexity index is 2030. The molecule has 4 rings (SSSR count). The predicted molar refractivity (Wildman–Crippen MR) is 188 cm³/mol. The highest BCUT2D eigenvalue weighted by Crippen LogP contribution is 2.48. The van der Waals surface area contributed by atoms with Crippen molar-refractivity contribution in [3.05, 3.63) is 95.8 Å². The van der Waals surface area contributed by atoms with Gasteiger partial charge in [-0.1, -0.05) is 44.2 Å². The summed E-state index contributed by atoms with van der Waals surface area (Å²) in [6.07, 6.45) is 14.4. The number of ketones is 1. The lowest BCUT2D eigenvalue weighted by atomic mass is 9.81. The highest BCUT2D eigenvalue weighted by Gasteiger charge is 2.45. The molecule has 0 aromatic heterocycles. The van der Waals surface area contributed by atoms with Crippen molar-refractivity contribution in [2.45, 2.75) is 80.9 Å². The number of rotatable bonds is 14. The van der Waals surface area contributed by atoms with E-state index in [2.05, 4.69) is 4.58 Å². The molecule has 0 fully saturated rings. The van der Waals surface area contributed by atoms with Crippen molar-refractivity contribution in [3.8, 4) is 0 Å². The second kappa shape index (κ2) is 14.4. The molecule has 0 unspecified atom stereocenters. The normalized spacial score (nSPS) is 17.9. The average Bonchev–Trinajstić information content (AvgIpc) is 3.33. The van der Waals surface area contributed by atoms with Crippen LogP contribution >= 0.6 is 0 Å². The van der Waals surface area contributed by atoms with Gasteiger partial charge in [-0.3, -0.25) is 13.9 Å². The number of anilines is 1. The van der Waals surface area contributed by atoms with Gasteiger partial charge in [0.1, 0.15) is 12.3 Å². The Morgan fingerprint density at radius 1 is 0.796 bits per heavy atom. The van der Waals surface area contributed by atoms with E-state index in [1.54, 1.807) is 19.1 Å². The van der Waals surface area contributed by atoms with E-state index in [0.29, 0.717) is 37.9 Å². The Morgan fingerprint density at radius 3 is 2.00 bits per heavy atom. The standard InChI is InChI=1S/C36H42N2O9S2/c1-25(39)13-11-21-37-30-19-17-26(48(42,43)44)23-28(30)35(2,3)32(37)14-9-7-6-8-10-15-33-36(4,5)29-24-27(49(45,46)47)18-20-31(29)38(33)22-12-16-34(40)41/h6-10,14-15,17-20,23-24H,11-13,16,21-22H2,1-5H3,(H2-,40,41,42,43,44,45,46,47)/p+1. The minimum Gasteiger partial charge on any atom is -0.481 e. The highest BCUT2D eigenvalue weighted by atomic mass is 32.2. The van der Waals surface area contributed by atoms with Crippen molar-refractivity contribution in [3.63, 3.8) is 0 Å². The molecule has 2 aliphatic rings. The SMILES string of the molecule is CC(=O)CCC[N+]1=C(C=CC=CC=CC=C2N(CCCC(=O)O)c3ccc(S(=O)(=O)O)cc3C2(C)C)C(C)(C)c2cc(S(=O)(=O)O)ccc21. The molecule has 0 saturated carbocycles. The molecule has 2 aromatic rings. The molecule has 13 heteroatoms. The lowest BCUT2D eigenvalue weighted by Gasteiger charge is -2.26. The van der Waals surface area contributed by atoms with Crippen molar-refractivity contribution < 1.29 is 45.2 Å². The first-order chi connectivity index (χ1) is 22.8. The second-order valence-corrected chi connectivity index (χ2v) is 16.1. The average molecular weight is 712 g/mol. The van der Waals surface area contributed by atoms with E-state index in [1.165, 1.54) is 24.3 Å². The fourth-order valence-electron chi connectivity index (χ4n) is 6.47. The molecule has 0 spiro atoms. The highest BCUT2D eigenvalue weighted by molar-refractivity contribution is 7.86. The number of carboxylic acids is 1. The minimum atomic E-state index is -4.41. The maximum atomic E-state index is 11.9. The summed E-state index contributed by atoms with van der Waals surface area (Å²) in [4.78, 5) is 24.4. The van der Waals surface area contributed by atoms with Gasteiger partial charge >= 0.3 is 5.97 Å². The molecule has 0 radical (unpaired) electrons. The van der Waals surface area contributed by atoms with Crippen LogP contribution in [-0.2, 0) is 40.7 Å². The molecule has 0 aliphatic carbocycles. The first-order valence-corrected chi connectivity index (χ1v) is 18.7. The molecule has 0 atom stereocenters. The number of allylic oxidation sites excluding steroid dienone is 8. The van der Waals surface area contributed by atoms with Gasteiger partial charge in [0.25, 0.3) is 20.2 Å². The zero-order valence-electron chi connectivity index (χ0n) is 28.3. The third-order valence-corrected chi connectivity index (χ3v) is 10.7. The van der Waals surface area contributed by atoms with Crippen LogP contribution in [0.4, 0.5) is 11.4 Å². The van der Waals surface area contributed by atoms with Gasteiger partial charge in [-0.2, -0.15) is 21.4 Å². The Hall–Kier alpha value is -4.17. The molecule has 2 aliphatic heterocycles. The Morgan fingerprint density at radius 2 is 1.39 bits per heavy atom. The van der Waals surface area contributed by atoms with Gasteiger partial charge in [-0.05, 0) is 69.2 Å². The summed E-state index contributed by atoms with van der Waals surface area (Å²) in [6, 6.07) is 8.97. The summed E-state index contributed by atoms with van der Waals surface area (Å²) in [5.74, 6) is -0.826. The number of benzene rings is 2. The third kappa shape index (κ3) is 8.35. The number of nitrogens with zero attached hydrogens (tertiary/aromatic N) is 2. The van der Waals surface area contributed by atoms with E-state index in [0.717, 1.165) is 28.3 Å². The Labute approximate surface area is 288 Å². The number of carboxylic acid groups (broad SMARTS) is 1. The van der Waals surface area contributed by atoms with Crippen LogP contribution in [0.5, 0.6) is 0 Å². The number of carbonyl (C=O) groups excluding carboxylic acids is 1. The van der Waals surface area contributed by atoms with Crippen LogP contribution < -0.4 is 4.90 Å². The van der Waals surface area contributed by atoms with Gasteiger partial charge in [0.15, 0.2) is 5.71 Å². The number of aliphatic carboxylic acids is 1. The summed E-state index contributed by atoms with van der Waals surface area (Å²) in [6.45, 7) is 10.3. The van der Waals surface area contributed by atoms with Crippen LogP contribution in [-0.4, -0.2) is 66.2 Å². The summed E-state index contributed by atoms with van der Waals surface area (Å²) in [7, 11) is -8.81. The first kappa shape index (κ1) is 37.6. The Balaban J connectivity index is 1.61. The van der Waals surface area contributed by atoms with Crippen molar-refractivity contribution in [2.75, 3.05) is 18.0 Å². The molecule has 2 aromatic carbocycles. The van der Waals surface area contributed by atoms with Crippen molar-refractivity contribution in [2.24, 2.45) is 0 Å². The molecular formula is C36H43N2O9S2+. The number of fused-ring (bicyclic) bond motifs is 2. The van der Waals surface area contributed by atoms with E-state index in [1.807, 2.05) is 75.1 Å². The smallest absolute Gasteiger partial charge is 0.303 e. The summed E-state index contributed by atoms with van der Waals surface area (Å²) in [5.41, 5.74) is 3.51. The summed E-state index contributed by atoms with van der Waals surface area (Å²) >= 11 is 0. The molecular weight excluding hydrogens is 669 g/mol. The lowest BCUT2D eigenvalue weighted by molar-refractivity contribution is -0.438. The fourth-order valence-corrected chi connectivity index (χ4v) is 7.49. The maximum absolute atomic E-state index is 11.9. The zero-order valence-corrected chi connectivity index (χ0v) is 29.9. The van der Waals surface area contributed by atoms with Gasteiger partial charge in [0, 0.05) is 60.3 Å². The largest absolute Gasteiger partial charge is 0.481 e. The number of hydrogen-bond acceptors (Lipinski definition) is 7. The van der Waals surface area contributed by atoms with Crippen LogP contribution in [0.3, 0.4) is 0 Å². The van der Waals surface area contributed by atoms with Crippen molar-refractivity contribution >= 4 is 49.1 Å². The van der Waals surface area contributed by atoms with Crippen molar-refractivity contribution in [1.82, 2.24) is 0 Å². The molecule has 0 saturated heterocycles. The van der Waals surface area contributed by atoms with E-state index in [-0.39, 0.29) is 22.0 Å². The first-order valence-electron chi connectivity index (χ1n) is 15.9. The topological polar surface area (TPSA) is 169 Å². The molecule has 11 nitrogen and oxygen atoms in total. The zero-order chi connectivity index (χ0) is 36.4. The van der Waals surface area contributed by atoms with E-state index < -0.39 is 37.0 Å². The van der Waals surface area contributed by atoms with Crippen LogP contribution in [0.25, 0.3) is 0 Å². The van der Waals surface area contributed by atoms with Gasteiger partial charge in [-0.15, -0.1) is 0 Å². The molecule has 2 heterocycles. The predicted octanol–water partition coefficient (Wildman–Crippen LogP) is 6.14. The molecule has 49 heavy (non-hydrogen) atoms. The molecule has 262 valence electrons. The van der Waals surface area contributed by atoms with Crippen LogP contribution in [0.1, 0.15) is 71.4 Å². The van der Waals surface area contributed by atoms with Crippen molar-refractivity contribution in [1.29, 1.82) is 0 Å². The van der Waals surface area contributed by atoms with Crippen LogP contribution in [0.2, 0.25) is 0 Å². The van der Waals surface area contributed by atoms with E-state index in [4.69, 9.17) is 0 Å². The third-order valence-electron chi connectivity index (χ3n) is 8.96. The van der Waals surface area contributed by atoms with Crippen LogP contribution in [0, 0.1) is 0 Å². The monoisotopic (exact) mass is 711 g/mol. The maximum Gasteiger partial charge on any atom is 0.303 e. The summed E-state index contributed by atoms with van der Waals surface area (Å²) in [5, 5.41) is 9.18. The lowest BCUT2D eigenvalue weighted by Crippen LogP contribution is -2.28. The quantitative estimate of drug-likeness (QED) is 0.118. The van der Waals surface area contributed by atoms with Gasteiger partial charge < -0.3 is 14.8 Å². The number of carbonyl (C=O) groups is 2. The van der Waals surface area contributed by atoms with E-state index in [9.17, 15) is 40.6 Å². The van der Waals surface area contributed by atoms with Gasteiger partial charge in [0.05, 0.1) is 15.2 Å². The summed E-state index contributed by atoms with van der Waals surface area (Å²) < 4.78 is 68.8. The molecule has 0 bridgehead atoms. The minimum absolute atomic E-state index is 0.0235. The fraction of sp³-hybridized carbons (Fsp3) is 0.361. The van der Waals surface area contributed by atoms with E-state index >= 15 is 0 Å². The van der Waals surface area contributed by atoms with Crippen LogP contribution in [0.15, 0.2) is 94.4 Å². The molecule has 0 amide bonds.